The van der Waals surface area contributed by atoms with Crippen LogP contribution in [0.15, 0.2) is 36.9 Å². The maximum Gasteiger partial charge on any atom is 0.174 e. The van der Waals surface area contributed by atoms with Crippen LogP contribution in [0.25, 0.3) is 0 Å². The third kappa shape index (κ3) is 3.93. The molecule has 3 rings (SSSR count). The van der Waals surface area contributed by atoms with E-state index in [0.717, 1.165) is 25.7 Å². The maximum atomic E-state index is 14.6. The zero-order valence-electron chi connectivity index (χ0n) is 15.1. The Kier molecular flexibility index (Phi) is 5.70. The molecule has 27 heavy (non-hydrogen) atoms. The molecule has 0 unspecified atom stereocenters. The first-order valence-corrected chi connectivity index (χ1v) is 8.99. The minimum absolute atomic E-state index is 0.0265. The van der Waals surface area contributed by atoms with Gasteiger partial charge in [-0.05, 0) is 67.7 Å². The summed E-state index contributed by atoms with van der Waals surface area (Å²) in [5.41, 5.74) is 0.153. The van der Waals surface area contributed by atoms with Crippen LogP contribution in [0.1, 0.15) is 53.9 Å². The molecule has 0 nitrogen and oxygen atoms in total. The number of halogens is 4. The van der Waals surface area contributed by atoms with E-state index in [-0.39, 0.29) is 22.6 Å². The van der Waals surface area contributed by atoms with Gasteiger partial charge < -0.3 is 0 Å². The normalized spacial score (nSPS) is 19.3. The summed E-state index contributed by atoms with van der Waals surface area (Å²) in [6.07, 6.45) is 5.31. The van der Waals surface area contributed by atoms with Crippen LogP contribution in [0.3, 0.4) is 0 Å². The van der Waals surface area contributed by atoms with Gasteiger partial charge in [0.05, 0.1) is 11.1 Å². The molecule has 1 fully saturated rings. The molecule has 0 aliphatic heterocycles. The summed E-state index contributed by atoms with van der Waals surface area (Å²) in [7, 11) is 0. The maximum absolute atomic E-state index is 14.6. The van der Waals surface area contributed by atoms with Gasteiger partial charge in [-0.15, -0.1) is 6.58 Å². The van der Waals surface area contributed by atoms with Crippen LogP contribution in [-0.4, -0.2) is 0 Å². The molecule has 140 valence electrons. The number of hydrogen-bond donors (Lipinski definition) is 0. The van der Waals surface area contributed by atoms with Crippen LogP contribution >= 0.6 is 0 Å². The van der Waals surface area contributed by atoms with Crippen molar-refractivity contribution in [3.05, 3.63) is 82.4 Å². The van der Waals surface area contributed by atoms with Crippen LogP contribution in [0, 0.1) is 48.0 Å². The highest BCUT2D eigenvalue weighted by atomic mass is 19.2. The molecular formula is C23H20F4. The number of hydrogen-bond acceptors (Lipinski definition) is 0. The van der Waals surface area contributed by atoms with Crippen LogP contribution in [0.5, 0.6) is 0 Å². The van der Waals surface area contributed by atoms with Crippen LogP contribution in [-0.2, 0) is 0 Å². The van der Waals surface area contributed by atoms with E-state index in [2.05, 4.69) is 18.4 Å². The lowest BCUT2D eigenvalue weighted by Gasteiger charge is -2.27. The molecule has 0 aromatic heterocycles. The van der Waals surface area contributed by atoms with Crippen molar-refractivity contribution >= 4 is 0 Å². The van der Waals surface area contributed by atoms with Crippen molar-refractivity contribution in [2.45, 2.75) is 38.5 Å². The van der Waals surface area contributed by atoms with E-state index < -0.39 is 23.3 Å². The molecule has 1 saturated carbocycles. The Morgan fingerprint density at radius 2 is 1.37 bits per heavy atom. The first-order valence-electron chi connectivity index (χ1n) is 8.99. The minimum Gasteiger partial charge on any atom is -0.203 e. The SMILES string of the molecule is C=CC1CCC(c2ccc(C#Cc3ccc(C)c(F)c3F)c(F)c2F)CC1. The molecule has 1 aliphatic rings. The minimum atomic E-state index is -1.08. The first-order chi connectivity index (χ1) is 12.9. The lowest BCUT2D eigenvalue weighted by Crippen LogP contribution is -2.13. The average Bonchev–Trinajstić information content (AvgIpc) is 2.69. The lowest BCUT2D eigenvalue weighted by molar-refractivity contribution is 0.364. The van der Waals surface area contributed by atoms with Gasteiger partial charge in [-0.3, -0.25) is 0 Å². The predicted molar refractivity (Wildman–Crippen MR) is 98.3 cm³/mol. The third-order valence-corrected chi connectivity index (χ3v) is 5.26. The molecule has 0 N–H and O–H groups in total. The van der Waals surface area contributed by atoms with Crippen molar-refractivity contribution in [2.75, 3.05) is 0 Å². The van der Waals surface area contributed by atoms with Crippen molar-refractivity contribution in [1.82, 2.24) is 0 Å². The number of benzene rings is 2. The number of allylic oxidation sites excluding steroid dienone is 1. The highest BCUT2D eigenvalue weighted by Crippen LogP contribution is 2.37. The predicted octanol–water partition coefficient (Wildman–Crippen LogP) is 6.41. The van der Waals surface area contributed by atoms with Gasteiger partial charge in [-0.25, -0.2) is 17.6 Å². The average molecular weight is 372 g/mol. The van der Waals surface area contributed by atoms with E-state index in [1.165, 1.54) is 25.1 Å². The van der Waals surface area contributed by atoms with Gasteiger partial charge in [0, 0.05) is 0 Å². The van der Waals surface area contributed by atoms with Gasteiger partial charge in [0.25, 0.3) is 0 Å². The Hall–Kier alpha value is -2.54. The molecule has 2 aromatic rings. The molecule has 0 amide bonds. The Morgan fingerprint density at radius 3 is 1.96 bits per heavy atom. The Morgan fingerprint density at radius 1 is 0.815 bits per heavy atom. The standard InChI is InChI=1S/C23H20F4/c1-3-15-5-8-16(9-6-15)19-13-12-18(22(26)23(19)27)11-10-17-7-4-14(2)20(24)21(17)25/h3-4,7,12-13,15-16H,1,5-6,8-9H2,2H3. The molecule has 1 aliphatic carbocycles. The molecule has 2 aromatic carbocycles. The second kappa shape index (κ2) is 8.00. The second-order valence-electron chi connectivity index (χ2n) is 6.99. The van der Waals surface area contributed by atoms with Gasteiger partial charge in [0.1, 0.15) is 0 Å². The van der Waals surface area contributed by atoms with Gasteiger partial charge in [0.2, 0.25) is 0 Å². The highest BCUT2D eigenvalue weighted by molar-refractivity contribution is 5.46. The summed E-state index contributed by atoms with van der Waals surface area (Å²) in [4.78, 5) is 0. The summed E-state index contributed by atoms with van der Waals surface area (Å²) in [5, 5.41) is 0. The van der Waals surface area contributed by atoms with E-state index in [4.69, 9.17) is 0 Å². The number of rotatable bonds is 2. The molecule has 0 saturated heterocycles. The molecule has 0 heterocycles. The summed E-state index contributed by atoms with van der Waals surface area (Å²) in [6, 6.07) is 5.67. The van der Waals surface area contributed by atoms with Crippen molar-refractivity contribution in [3.63, 3.8) is 0 Å². The van der Waals surface area contributed by atoms with Gasteiger partial charge in [-0.1, -0.05) is 30.0 Å². The summed E-state index contributed by atoms with van der Waals surface area (Å²) in [5.74, 6) is 1.20. The Balaban J connectivity index is 1.87. The Labute approximate surface area is 156 Å². The van der Waals surface area contributed by atoms with E-state index in [1.807, 2.05) is 6.08 Å². The van der Waals surface area contributed by atoms with Crippen LogP contribution in [0.2, 0.25) is 0 Å². The summed E-state index contributed by atoms with van der Waals surface area (Å²) >= 11 is 0. The van der Waals surface area contributed by atoms with Crippen LogP contribution < -0.4 is 0 Å². The first kappa shape index (κ1) is 19.2. The fourth-order valence-electron chi connectivity index (χ4n) is 3.52. The van der Waals surface area contributed by atoms with Crippen molar-refractivity contribution < 1.29 is 17.6 Å². The Bertz CT molecular complexity index is 926. The van der Waals surface area contributed by atoms with Gasteiger partial charge in [0.15, 0.2) is 23.3 Å². The second-order valence-corrected chi connectivity index (χ2v) is 6.99. The van der Waals surface area contributed by atoms with Gasteiger partial charge in [-0.2, -0.15) is 0 Å². The fourth-order valence-corrected chi connectivity index (χ4v) is 3.52. The molecule has 0 spiro atoms. The van der Waals surface area contributed by atoms with Gasteiger partial charge >= 0.3 is 0 Å². The van der Waals surface area contributed by atoms with Crippen molar-refractivity contribution in [3.8, 4) is 11.8 Å². The van der Waals surface area contributed by atoms with E-state index in [1.54, 1.807) is 6.07 Å². The van der Waals surface area contributed by atoms with Crippen molar-refractivity contribution in [1.29, 1.82) is 0 Å². The van der Waals surface area contributed by atoms with E-state index in [9.17, 15) is 17.6 Å². The largest absolute Gasteiger partial charge is 0.203 e. The smallest absolute Gasteiger partial charge is 0.174 e. The zero-order chi connectivity index (χ0) is 19.6. The quantitative estimate of drug-likeness (QED) is 0.325. The molecule has 0 radical (unpaired) electrons. The highest BCUT2D eigenvalue weighted by Gasteiger charge is 2.25. The lowest BCUT2D eigenvalue weighted by atomic mass is 9.78. The summed E-state index contributed by atoms with van der Waals surface area (Å²) in [6.45, 7) is 5.22. The van der Waals surface area contributed by atoms with E-state index in [0.29, 0.717) is 11.5 Å². The third-order valence-electron chi connectivity index (χ3n) is 5.26. The molecular weight excluding hydrogens is 352 g/mol. The van der Waals surface area contributed by atoms with E-state index >= 15 is 0 Å². The monoisotopic (exact) mass is 372 g/mol. The topological polar surface area (TPSA) is 0 Å². The number of aryl methyl sites for hydroxylation is 1. The van der Waals surface area contributed by atoms with Crippen molar-refractivity contribution in [2.24, 2.45) is 5.92 Å². The van der Waals surface area contributed by atoms with Crippen LogP contribution in [0.4, 0.5) is 17.6 Å². The zero-order valence-corrected chi connectivity index (χ0v) is 15.1. The molecule has 4 heteroatoms. The summed E-state index contributed by atoms with van der Waals surface area (Å²) < 4.78 is 56.4. The fraction of sp³-hybridized carbons (Fsp3) is 0.304. The molecule has 0 atom stereocenters. The molecule has 0 bridgehead atoms.